The van der Waals surface area contributed by atoms with Crippen molar-refractivity contribution < 1.29 is 28.6 Å². The molecule has 1 amide bonds. The van der Waals surface area contributed by atoms with Crippen molar-refractivity contribution in [3.63, 3.8) is 0 Å². The summed E-state index contributed by atoms with van der Waals surface area (Å²) in [5.41, 5.74) is 2.18. The second kappa shape index (κ2) is 9.33. The van der Waals surface area contributed by atoms with Crippen molar-refractivity contribution in [2.24, 2.45) is 0 Å². The van der Waals surface area contributed by atoms with Crippen LogP contribution >= 0.6 is 0 Å². The average Bonchev–Trinajstić information content (AvgIpc) is 3.57. The van der Waals surface area contributed by atoms with Crippen LogP contribution in [0.5, 0.6) is 11.5 Å². The molecular weight excluding hydrogens is 446 g/mol. The summed E-state index contributed by atoms with van der Waals surface area (Å²) in [7, 11) is 0. The van der Waals surface area contributed by atoms with Crippen molar-refractivity contribution in [3.8, 4) is 11.5 Å². The Hall–Kier alpha value is -4.00. The largest absolute Gasteiger partial charge is 0.507 e. The molecule has 180 valence electrons. The first-order valence-corrected chi connectivity index (χ1v) is 11.8. The van der Waals surface area contributed by atoms with Gasteiger partial charge in [0.15, 0.2) is 0 Å². The van der Waals surface area contributed by atoms with Gasteiger partial charge >= 0.3 is 0 Å². The monoisotopic (exact) mass is 473 g/mol. The number of aliphatic hydroxyl groups is 1. The van der Waals surface area contributed by atoms with E-state index in [4.69, 9.17) is 13.9 Å². The third-order valence-electron chi connectivity index (χ3n) is 6.28. The first-order chi connectivity index (χ1) is 17.0. The quantitative estimate of drug-likeness (QED) is 0.295. The molecule has 2 aromatic carbocycles. The average molecular weight is 474 g/mol. The van der Waals surface area contributed by atoms with Crippen LogP contribution in [-0.4, -0.2) is 34.4 Å². The van der Waals surface area contributed by atoms with Gasteiger partial charge in [-0.25, -0.2) is 0 Å². The molecular formula is C28H27NO6. The zero-order valence-electron chi connectivity index (χ0n) is 19.7. The smallest absolute Gasteiger partial charge is 0.296 e. The first-order valence-electron chi connectivity index (χ1n) is 11.8. The molecule has 0 saturated carbocycles. The minimum Gasteiger partial charge on any atom is -0.507 e. The van der Waals surface area contributed by atoms with Crippen LogP contribution in [-0.2, 0) is 22.6 Å². The number of Topliss-reactive ketones (excluding diaryl/α,β-unsaturated/α-hetero) is 1. The lowest BCUT2D eigenvalue weighted by atomic mass is 9.94. The van der Waals surface area contributed by atoms with Gasteiger partial charge in [-0.05, 0) is 66.9 Å². The standard InChI is InChI=1S/C28H27NO6/c1-3-12-33-21-9-6-18(7-10-21)25-24(27(31)28(32)29(25)16-22-5-4-13-34-22)26(30)19-8-11-23-20(15-19)14-17(2)35-23/h4-11,13,15,17,25,30H,3,12,14,16H2,1-2H3/b26-24+. The number of rotatable bonds is 7. The zero-order valence-corrected chi connectivity index (χ0v) is 19.7. The van der Waals surface area contributed by atoms with Gasteiger partial charge in [-0.3, -0.25) is 9.59 Å². The Balaban J connectivity index is 1.58. The highest BCUT2D eigenvalue weighted by Crippen LogP contribution is 2.41. The summed E-state index contributed by atoms with van der Waals surface area (Å²) in [4.78, 5) is 27.8. The van der Waals surface area contributed by atoms with Gasteiger partial charge < -0.3 is 23.9 Å². The SMILES string of the molecule is CCCOc1ccc(C2/C(=C(\O)c3ccc4c(c3)CC(C)O4)C(=O)C(=O)N2Cc2ccco2)cc1. The molecule has 1 N–H and O–H groups in total. The van der Waals surface area contributed by atoms with E-state index in [0.717, 1.165) is 17.7 Å². The lowest BCUT2D eigenvalue weighted by Gasteiger charge is -2.24. The van der Waals surface area contributed by atoms with Crippen LogP contribution in [0.15, 0.2) is 70.9 Å². The summed E-state index contributed by atoms with van der Waals surface area (Å²) in [6.45, 7) is 4.70. The van der Waals surface area contributed by atoms with E-state index in [1.54, 1.807) is 24.3 Å². The van der Waals surface area contributed by atoms with Crippen molar-refractivity contribution in [3.05, 3.63) is 88.9 Å². The van der Waals surface area contributed by atoms with Gasteiger partial charge in [0, 0.05) is 12.0 Å². The summed E-state index contributed by atoms with van der Waals surface area (Å²) in [5.74, 6) is 0.401. The van der Waals surface area contributed by atoms with E-state index in [2.05, 4.69) is 0 Å². The van der Waals surface area contributed by atoms with E-state index < -0.39 is 17.7 Å². The molecule has 0 radical (unpaired) electrons. The summed E-state index contributed by atoms with van der Waals surface area (Å²) >= 11 is 0. The second-order valence-electron chi connectivity index (χ2n) is 8.88. The Kier molecular flexibility index (Phi) is 6.07. The Morgan fingerprint density at radius 3 is 2.66 bits per heavy atom. The summed E-state index contributed by atoms with van der Waals surface area (Å²) in [6, 6.07) is 15.3. The number of likely N-dealkylation sites (tertiary alicyclic amines) is 1. The van der Waals surface area contributed by atoms with E-state index in [1.807, 2.05) is 44.2 Å². The Morgan fingerprint density at radius 2 is 1.94 bits per heavy atom. The molecule has 2 aliphatic rings. The summed E-state index contributed by atoms with van der Waals surface area (Å²) < 4.78 is 16.9. The molecule has 2 unspecified atom stereocenters. The third kappa shape index (κ3) is 4.30. The van der Waals surface area contributed by atoms with Crippen LogP contribution in [0.4, 0.5) is 0 Å². The maximum absolute atomic E-state index is 13.2. The maximum atomic E-state index is 13.2. The lowest BCUT2D eigenvalue weighted by Crippen LogP contribution is -2.29. The number of benzene rings is 2. The van der Waals surface area contributed by atoms with Gasteiger partial charge in [-0.2, -0.15) is 0 Å². The first kappa shape index (κ1) is 22.8. The van der Waals surface area contributed by atoms with Gasteiger partial charge in [-0.15, -0.1) is 0 Å². The van der Waals surface area contributed by atoms with Gasteiger partial charge in [-0.1, -0.05) is 19.1 Å². The van der Waals surface area contributed by atoms with E-state index in [-0.39, 0.29) is 24.0 Å². The van der Waals surface area contributed by atoms with Crippen molar-refractivity contribution in [2.75, 3.05) is 6.61 Å². The Morgan fingerprint density at radius 1 is 1.14 bits per heavy atom. The maximum Gasteiger partial charge on any atom is 0.296 e. The highest BCUT2D eigenvalue weighted by atomic mass is 16.5. The highest BCUT2D eigenvalue weighted by Gasteiger charge is 2.46. The molecule has 7 nitrogen and oxygen atoms in total. The molecule has 3 aromatic rings. The third-order valence-corrected chi connectivity index (χ3v) is 6.28. The van der Waals surface area contributed by atoms with Crippen LogP contribution in [0.1, 0.15) is 48.8 Å². The molecule has 0 aliphatic carbocycles. The van der Waals surface area contributed by atoms with Crippen LogP contribution in [0, 0.1) is 0 Å². The van der Waals surface area contributed by atoms with Gasteiger partial charge in [0.1, 0.15) is 29.1 Å². The van der Waals surface area contributed by atoms with E-state index in [1.165, 1.54) is 11.2 Å². The van der Waals surface area contributed by atoms with Gasteiger partial charge in [0.2, 0.25) is 0 Å². The zero-order chi connectivity index (χ0) is 24.5. The lowest BCUT2D eigenvalue weighted by molar-refractivity contribution is -0.140. The van der Waals surface area contributed by atoms with E-state index in [9.17, 15) is 14.7 Å². The summed E-state index contributed by atoms with van der Waals surface area (Å²) in [5, 5.41) is 11.3. The van der Waals surface area contributed by atoms with Crippen molar-refractivity contribution >= 4 is 17.4 Å². The molecule has 1 saturated heterocycles. The molecule has 1 aromatic heterocycles. The predicted octanol–water partition coefficient (Wildman–Crippen LogP) is 5.01. The molecule has 0 spiro atoms. The van der Waals surface area contributed by atoms with Crippen LogP contribution < -0.4 is 9.47 Å². The van der Waals surface area contributed by atoms with Crippen LogP contribution in [0.25, 0.3) is 5.76 Å². The summed E-state index contributed by atoms with van der Waals surface area (Å²) in [6.07, 6.45) is 3.17. The predicted molar refractivity (Wildman–Crippen MR) is 129 cm³/mol. The minimum atomic E-state index is -0.774. The molecule has 1 fully saturated rings. The number of amides is 1. The molecule has 3 heterocycles. The number of ketones is 1. The number of carbonyl (C=O) groups is 2. The molecule has 2 atom stereocenters. The Bertz CT molecular complexity index is 1280. The number of hydrogen-bond acceptors (Lipinski definition) is 6. The molecule has 35 heavy (non-hydrogen) atoms. The molecule has 0 bridgehead atoms. The van der Waals surface area contributed by atoms with Crippen molar-refractivity contribution in [1.29, 1.82) is 0 Å². The second-order valence-corrected chi connectivity index (χ2v) is 8.88. The van der Waals surface area contributed by atoms with Crippen LogP contribution in [0.3, 0.4) is 0 Å². The fourth-order valence-electron chi connectivity index (χ4n) is 4.65. The van der Waals surface area contributed by atoms with Gasteiger partial charge in [0.25, 0.3) is 11.7 Å². The van der Waals surface area contributed by atoms with E-state index in [0.29, 0.717) is 35.7 Å². The number of ether oxygens (including phenoxy) is 2. The number of nitrogens with zero attached hydrogens (tertiary/aromatic N) is 1. The van der Waals surface area contributed by atoms with Crippen LogP contribution in [0.2, 0.25) is 0 Å². The number of hydrogen-bond donors (Lipinski definition) is 1. The van der Waals surface area contributed by atoms with E-state index >= 15 is 0 Å². The number of aliphatic hydroxyl groups excluding tert-OH is 1. The highest BCUT2D eigenvalue weighted by molar-refractivity contribution is 6.46. The molecule has 2 aliphatic heterocycles. The molecule has 7 heteroatoms. The topological polar surface area (TPSA) is 89.2 Å². The normalized spacial score (nSPS) is 20.7. The van der Waals surface area contributed by atoms with Gasteiger partial charge in [0.05, 0.1) is 31.0 Å². The molecule has 5 rings (SSSR count). The fraction of sp³-hybridized carbons (Fsp3) is 0.286. The number of carbonyl (C=O) groups excluding carboxylic acids is 2. The number of furan rings is 1. The van der Waals surface area contributed by atoms with Crippen molar-refractivity contribution in [1.82, 2.24) is 4.90 Å². The number of fused-ring (bicyclic) bond motifs is 1. The fourth-order valence-corrected chi connectivity index (χ4v) is 4.65. The Labute approximate surface area is 203 Å². The van der Waals surface area contributed by atoms with Crippen molar-refractivity contribution in [2.45, 2.75) is 45.4 Å². The minimum absolute atomic E-state index is 0.0507.